The highest BCUT2D eigenvalue weighted by Crippen LogP contribution is 2.24. The van der Waals surface area contributed by atoms with Crippen molar-refractivity contribution in [1.82, 2.24) is 9.88 Å². The summed E-state index contributed by atoms with van der Waals surface area (Å²) in [5.74, 6) is -0.399. The fourth-order valence-electron chi connectivity index (χ4n) is 3.14. The average molecular weight is 352 g/mol. The number of aryl methyl sites for hydroxylation is 2. The molecule has 0 bridgehead atoms. The van der Waals surface area contributed by atoms with Crippen molar-refractivity contribution in [2.24, 2.45) is 0 Å². The smallest absolute Gasteiger partial charge is 0.354 e. The first kappa shape index (κ1) is 19.3. The summed E-state index contributed by atoms with van der Waals surface area (Å²) < 4.78 is 0. The number of piperidine rings is 1. The fourth-order valence-corrected chi connectivity index (χ4v) is 3.14. The van der Waals surface area contributed by atoms with Gasteiger partial charge in [-0.15, -0.1) is 0 Å². The zero-order chi connectivity index (χ0) is 19.3. The number of likely N-dealkylation sites (tertiary alicyclic amines) is 1. The van der Waals surface area contributed by atoms with Crippen molar-refractivity contribution in [2.75, 3.05) is 18.4 Å². The molecule has 0 amide bonds. The van der Waals surface area contributed by atoms with Gasteiger partial charge in [-0.2, -0.15) is 5.26 Å². The zero-order valence-electron chi connectivity index (χ0n) is 15.2. The Bertz CT molecular complexity index is 797. The highest BCUT2D eigenvalue weighted by atomic mass is 16.4. The summed E-state index contributed by atoms with van der Waals surface area (Å²) in [6, 6.07) is 4.13. The number of allylic oxidation sites excluding steroid dienone is 3. The molecule has 2 N–H and O–H groups in total. The lowest BCUT2D eigenvalue weighted by molar-refractivity contribution is 0.0689. The number of nitriles is 1. The van der Waals surface area contributed by atoms with Gasteiger partial charge in [-0.3, -0.25) is 0 Å². The summed E-state index contributed by atoms with van der Waals surface area (Å²) in [5.41, 5.74) is 2.90. The summed E-state index contributed by atoms with van der Waals surface area (Å²) in [7, 11) is 0. The average Bonchev–Trinajstić information content (AvgIpc) is 2.61. The molecule has 0 saturated carbocycles. The number of aromatic carboxylic acids is 1. The second-order valence-electron chi connectivity index (χ2n) is 6.41. The van der Waals surface area contributed by atoms with Gasteiger partial charge >= 0.3 is 5.97 Å². The Labute approximate surface area is 154 Å². The largest absolute Gasteiger partial charge is 0.477 e. The molecule has 1 fully saturated rings. The first-order valence-corrected chi connectivity index (χ1v) is 8.52. The van der Waals surface area contributed by atoms with Crippen LogP contribution in [0.4, 0.5) is 5.82 Å². The van der Waals surface area contributed by atoms with E-state index in [1.165, 1.54) is 0 Å². The van der Waals surface area contributed by atoms with Crippen LogP contribution in [0.25, 0.3) is 0 Å². The molecule has 1 aliphatic rings. The maximum atomic E-state index is 11.3. The third kappa shape index (κ3) is 4.31. The molecule has 0 spiro atoms. The standard InChI is InChI=1S/C20H24N4O2/c1-5-6-17(15(4)12-21)24-9-7-16(8-10-24)22-19-14(3)11-13(2)18(23-19)20(25)26/h5-6,11,16H,1,4,7-10H2,2-3H3,(H,22,23)(H,25,26)/b17-6+. The summed E-state index contributed by atoms with van der Waals surface area (Å²) in [5, 5.41) is 21.8. The fraction of sp³-hybridized carbons (Fsp3) is 0.350. The minimum absolute atomic E-state index is 0.0806. The van der Waals surface area contributed by atoms with E-state index >= 15 is 0 Å². The molecule has 26 heavy (non-hydrogen) atoms. The second-order valence-corrected chi connectivity index (χ2v) is 6.41. The predicted molar refractivity (Wildman–Crippen MR) is 102 cm³/mol. The van der Waals surface area contributed by atoms with Crippen LogP contribution in [0.5, 0.6) is 0 Å². The first-order chi connectivity index (χ1) is 12.4. The van der Waals surface area contributed by atoms with Crippen LogP contribution in [0.1, 0.15) is 34.5 Å². The van der Waals surface area contributed by atoms with E-state index in [1.807, 2.05) is 19.1 Å². The second kappa shape index (κ2) is 8.34. The highest BCUT2D eigenvalue weighted by Gasteiger charge is 2.23. The Morgan fingerprint density at radius 2 is 2.08 bits per heavy atom. The van der Waals surface area contributed by atoms with Gasteiger partial charge in [0.05, 0.1) is 11.3 Å². The third-order valence-corrected chi connectivity index (χ3v) is 4.50. The Kier molecular flexibility index (Phi) is 6.18. The van der Waals surface area contributed by atoms with Gasteiger partial charge in [0.15, 0.2) is 5.69 Å². The molecule has 6 nitrogen and oxygen atoms in total. The number of carboxylic acids is 1. The van der Waals surface area contributed by atoms with E-state index in [-0.39, 0.29) is 11.7 Å². The monoisotopic (exact) mass is 352 g/mol. The van der Waals surface area contributed by atoms with E-state index in [9.17, 15) is 9.90 Å². The molecule has 2 heterocycles. The molecule has 0 atom stereocenters. The molecular weight excluding hydrogens is 328 g/mol. The number of aromatic nitrogens is 1. The molecule has 1 aromatic heterocycles. The van der Waals surface area contributed by atoms with Gasteiger partial charge in [-0.05, 0) is 43.9 Å². The van der Waals surface area contributed by atoms with E-state index in [4.69, 9.17) is 5.26 Å². The van der Waals surface area contributed by atoms with Crippen molar-refractivity contribution in [2.45, 2.75) is 32.7 Å². The lowest BCUT2D eigenvalue weighted by Crippen LogP contribution is -2.39. The number of carboxylic acid groups (broad SMARTS) is 1. The van der Waals surface area contributed by atoms with Crippen molar-refractivity contribution in [3.8, 4) is 6.07 Å². The van der Waals surface area contributed by atoms with Gasteiger partial charge in [-0.1, -0.05) is 25.3 Å². The summed E-state index contributed by atoms with van der Waals surface area (Å²) in [6.07, 6.45) is 5.18. The molecule has 0 radical (unpaired) electrons. The molecule has 1 aliphatic heterocycles. The van der Waals surface area contributed by atoms with E-state index in [2.05, 4.69) is 34.4 Å². The van der Waals surface area contributed by atoms with Crippen LogP contribution in [0.3, 0.4) is 0 Å². The van der Waals surface area contributed by atoms with Crippen molar-refractivity contribution >= 4 is 11.8 Å². The molecule has 0 aromatic carbocycles. The number of nitrogens with one attached hydrogen (secondary N) is 1. The molecule has 1 saturated heterocycles. The van der Waals surface area contributed by atoms with Gasteiger partial charge in [-0.25, -0.2) is 9.78 Å². The lowest BCUT2D eigenvalue weighted by Gasteiger charge is -2.35. The van der Waals surface area contributed by atoms with E-state index in [0.717, 1.165) is 37.2 Å². The number of nitrogens with zero attached hydrogens (tertiary/aromatic N) is 3. The van der Waals surface area contributed by atoms with Gasteiger partial charge in [0, 0.05) is 19.1 Å². The van der Waals surface area contributed by atoms with E-state index < -0.39 is 5.97 Å². The minimum Gasteiger partial charge on any atom is -0.477 e. The Morgan fingerprint density at radius 3 is 2.62 bits per heavy atom. The molecule has 1 aromatic rings. The van der Waals surface area contributed by atoms with Crippen molar-refractivity contribution in [3.05, 3.63) is 59.5 Å². The molecule has 0 unspecified atom stereocenters. The van der Waals surface area contributed by atoms with Crippen LogP contribution in [0.15, 0.2) is 42.6 Å². The number of anilines is 1. The molecular formula is C20H24N4O2. The first-order valence-electron chi connectivity index (χ1n) is 8.52. The van der Waals surface area contributed by atoms with Crippen molar-refractivity contribution in [3.63, 3.8) is 0 Å². The Hall–Kier alpha value is -3.07. The topological polar surface area (TPSA) is 89.3 Å². The van der Waals surface area contributed by atoms with Gasteiger partial charge in [0.25, 0.3) is 0 Å². The molecule has 0 aliphatic carbocycles. The van der Waals surface area contributed by atoms with Crippen LogP contribution in [0.2, 0.25) is 0 Å². The third-order valence-electron chi connectivity index (χ3n) is 4.50. The number of rotatable bonds is 6. The lowest BCUT2D eigenvalue weighted by atomic mass is 10.0. The number of hydrogen-bond acceptors (Lipinski definition) is 5. The summed E-state index contributed by atoms with van der Waals surface area (Å²) in [6.45, 7) is 12.7. The van der Waals surface area contributed by atoms with Gasteiger partial charge in [0.1, 0.15) is 11.9 Å². The number of pyridine rings is 1. The van der Waals surface area contributed by atoms with Crippen LogP contribution in [-0.2, 0) is 0 Å². The van der Waals surface area contributed by atoms with Gasteiger partial charge < -0.3 is 15.3 Å². The SMILES string of the molecule is C=C/C=C(\C(=C)C#N)N1CCC(Nc2nc(C(=O)O)c(C)cc2C)CC1. The highest BCUT2D eigenvalue weighted by molar-refractivity contribution is 5.87. The van der Waals surface area contributed by atoms with Gasteiger partial charge in [0.2, 0.25) is 0 Å². The van der Waals surface area contributed by atoms with Crippen molar-refractivity contribution in [1.29, 1.82) is 5.26 Å². The normalized spacial score (nSPS) is 15.3. The minimum atomic E-state index is -1.02. The molecule has 6 heteroatoms. The zero-order valence-corrected chi connectivity index (χ0v) is 15.2. The number of hydrogen-bond donors (Lipinski definition) is 2. The van der Waals surface area contributed by atoms with E-state index in [1.54, 1.807) is 13.0 Å². The Balaban J connectivity index is 2.08. The molecule has 136 valence electrons. The maximum absolute atomic E-state index is 11.3. The van der Waals surface area contributed by atoms with Crippen LogP contribution in [-0.4, -0.2) is 40.1 Å². The molecule has 2 rings (SSSR count). The summed E-state index contributed by atoms with van der Waals surface area (Å²) >= 11 is 0. The Morgan fingerprint density at radius 1 is 1.42 bits per heavy atom. The van der Waals surface area contributed by atoms with Crippen LogP contribution in [0, 0.1) is 25.2 Å². The van der Waals surface area contributed by atoms with E-state index in [0.29, 0.717) is 17.0 Å². The maximum Gasteiger partial charge on any atom is 0.354 e. The van der Waals surface area contributed by atoms with Crippen LogP contribution < -0.4 is 5.32 Å². The predicted octanol–water partition coefficient (Wildman–Crippen LogP) is 3.42. The quantitative estimate of drug-likeness (QED) is 0.602. The van der Waals surface area contributed by atoms with Crippen LogP contribution >= 0.6 is 0 Å². The van der Waals surface area contributed by atoms with Crippen molar-refractivity contribution < 1.29 is 9.90 Å². The number of carbonyl (C=O) groups is 1. The summed E-state index contributed by atoms with van der Waals surface area (Å²) in [4.78, 5) is 17.7.